The van der Waals surface area contributed by atoms with E-state index in [1.54, 1.807) is 6.92 Å². The zero-order valence-corrected chi connectivity index (χ0v) is 11.4. The number of carbonyl (C=O) groups excluding carboxylic acids is 2. The van der Waals surface area contributed by atoms with Crippen molar-refractivity contribution in [3.05, 3.63) is 28.8 Å². The number of carbonyl (C=O) groups is 2. The Morgan fingerprint density at radius 2 is 1.40 bits per heavy atom. The van der Waals surface area contributed by atoms with E-state index in [1.165, 1.54) is 26.0 Å². The fourth-order valence-corrected chi connectivity index (χ4v) is 1.42. The summed E-state index contributed by atoms with van der Waals surface area (Å²) in [6.07, 6.45) is 0. The molecule has 0 spiro atoms. The van der Waals surface area contributed by atoms with Gasteiger partial charge in [0.25, 0.3) is 0 Å². The molecule has 0 heterocycles. The summed E-state index contributed by atoms with van der Waals surface area (Å²) in [7, 11) is 0. The van der Waals surface area contributed by atoms with Gasteiger partial charge in [0.05, 0.1) is 0 Å². The standard InChI is InChI=1S/C11H12O3.Na/c1-6-10(7(2)12)4-9(14)5-11(6)8(3)13;/h4-5,14H,1-3H3;/q;+1/p-1. The van der Waals surface area contributed by atoms with Crippen molar-refractivity contribution in [3.63, 3.8) is 0 Å². The van der Waals surface area contributed by atoms with Gasteiger partial charge in [0.2, 0.25) is 0 Å². The molecule has 0 bridgehead atoms. The molecule has 1 rings (SSSR count). The molecule has 15 heavy (non-hydrogen) atoms. The van der Waals surface area contributed by atoms with E-state index in [2.05, 4.69) is 0 Å². The summed E-state index contributed by atoms with van der Waals surface area (Å²) >= 11 is 0. The summed E-state index contributed by atoms with van der Waals surface area (Å²) in [6, 6.07) is 2.54. The van der Waals surface area contributed by atoms with E-state index >= 15 is 0 Å². The first-order chi connectivity index (χ1) is 6.43. The first kappa shape index (κ1) is 14.4. The van der Waals surface area contributed by atoms with Crippen LogP contribution in [0.4, 0.5) is 0 Å². The molecule has 4 heteroatoms. The van der Waals surface area contributed by atoms with E-state index in [-0.39, 0.29) is 46.9 Å². The van der Waals surface area contributed by atoms with Gasteiger partial charge in [-0.2, -0.15) is 0 Å². The van der Waals surface area contributed by atoms with E-state index in [1.807, 2.05) is 0 Å². The van der Waals surface area contributed by atoms with Gasteiger partial charge in [0, 0.05) is 11.1 Å². The third kappa shape index (κ3) is 3.16. The summed E-state index contributed by atoms with van der Waals surface area (Å²) in [4.78, 5) is 22.3. The van der Waals surface area contributed by atoms with Gasteiger partial charge in [-0.25, -0.2) is 0 Å². The molecule has 0 saturated carbocycles. The topological polar surface area (TPSA) is 57.2 Å². The Morgan fingerprint density at radius 1 is 1.07 bits per heavy atom. The van der Waals surface area contributed by atoms with Crippen molar-refractivity contribution in [2.24, 2.45) is 0 Å². The first-order valence-electron chi connectivity index (χ1n) is 4.27. The fourth-order valence-electron chi connectivity index (χ4n) is 1.42. The monoisotopic (exact) mass is 214 g/mol. The molecular weight excluding hydrogens is 203 g/mol. The van der Waals surface area contributed by atoms with Crippen LogP contribution in [0.15, 0.2) is 12.1 Å². The molecule has 3 nitrogen and oxygen atoms in total. The Kier molecular flexibility index (Phi) is 5.21. The third-order valence-electron chi connectivity index (χ3n) is 2.14. The second kappa shape index (κ2) is 5.45. The van der Waals surface area contributed by atoms with Crippen molar-refractivity contribution >= 4 is 11.6 Å². The van der Waals surface area contributed by atoms with E-state index < -0.39 is 0 Å². The molecule has 0 unspecified atom stereocenters. The molecule has 0 saturated heterocycles. The molecule has 1 aromatic carbocycles. The minimum absolute atomic E-state index is 0. The SMILES string of the molecule is CC(=O)c1cc([O-])cc(C(C)=O)c1C.[Na+]. The van der Waals surface area contributed by atoms with Crippen LogP contribution in [0.1, 0.15) is 40.1 Å². The Hall–Kier alpha value is -0.640. The maximum atomic E-state index is 11.2. The van der Waals surface area contributed by atoms with Gasteiger partial charge in [-0.05, 0) is 26.3 Å². The van der Waals surface area contributed by atoms with E-state index in [4.69, 9.17) is 0 Å². The number of ketones is 2. The molecule has 0 N–H and O–H groups in total. The van der Waals surface area contributed by atoms with Crippen LogP contribution in [0.3, 0.4) is 0 Å². The summed E-state index contributed by atoms with van der Waals surface area (Å²) in [5.41, 5.74) is 1.26. The van der Waals surface area contributed by atoms with E-state index in [9.17, 15) is 14.7 Å². The number of rotatable bonds is 2. The van der Waals surface area contributed by atoms with Gasteiger partial charge in [-0.3, -0.25) is 9.59 Å². The average Bonchev–Trinajstić information content (AvgIpc) is 2.07. The fraction of sp³-hybridized carbons (Fsp3) is 0.273. The normalized spacial score (nSPS) is 9.27. The predicted molar refractivity (Wildman–Crippen MR) is 50.6 cm³/mol. The molecular formula is C11H11NaO3. The molecule has 0 fully saturated rings. The second-order valence-corrected chi connectivity index (χ2v) is 3.26. The number of benzene rings is 1. The Bertz CT molecular complexity index is 375. The van der Waals surface area contributed by atoms with Gasteiger partial charge < -0.3 is 5.11 Å². The van der Waals surface area contributed by atoms with Crippen molar-refractivity contribution in [2.45, 2.75) is 20.8 Å². The third-order valence-corrected chi connectivity index (χ3v) is 2.14. The minimum Gasteiger partial charge on any atom is -0.872 e. The summed E-state index contributed by atoms with van der Waals surface area (Å²) in [6.45, 7) is 4.43. The van der Waals surface area contributed by atoms with Gasteiger partial charge in [-0.1, -0.05) is 12.1 Å². The predicted octanol–water partition coefficient (Wildman–Crippen LogP) is -1.52. The van der Waals surface area contributed by atoms with Crippen LogP contribution < -0.4 is 34.7 Å². The molecule has 0 aliphatic carbocycles. The maximum absolute atomic E-state index is 11.2. The van der Waals surface area contributed by atoms with Crippen LogP contribution in [0.5, 0.6) is 5.75 Å². The molecule has 0 aromatic heterocycles. The summed E-state index contributed by atoms with van der Waals surface area (Å²) in [5.74, 6) is -0.684. The van der Waals surface area contributed by atoms with E-state index in [0.29, 0.717) is 16.7 Å². The zero-order valence-electron chi connectivity index (χ0n) is 9.38. The molecule has 0 atom stereocenters. The van der Waals surface area contributed by atoms with Crippen molar-refractivity contribution in [1.82, 2.24) is 0 Å². The average molecular weight is 214 g/mol. The van der Waals surface area contributed by atoms with Crippen LogP contribution in [0, 0.1) is 6.92 Å². The first-order valence-corrected chi connectivity index (χ1v) is 4.27. The zero-order chi connectivity index (χ0) is 10.9. The molecule has 0 amide bonds. The smallest absolute Gasteiger partial charge is 0.872 e. The molecule has 74 valence electrons. The molecule has 0 aliphatic rings. The molecule has 0 aliphatic heterocycles. The maximum Gasteiger partial charge on any atom is 1.00 e. The Morgan fingerprint density at radius 3 is 1.67 bits per heavy atom. The quantitative estimate of drug-likeness (QED) is 0.443. The summed E-state index contributed by atoms with van der Waals surface area (Å²) < 4.78 is 0. The molecule has 1 aromatic rings. The Labute approximate surface area is 111 Å². The largest absolute Gasteiger partial charge is 1.00 e. The number of Topliss-reactive ketones (excluding diaryl/α,β-unsaturated/α-hetero) is 2. The van der Waals surface area contributed by atoms with Gasteiger partial charge >= 0.3 is 29.6 Å². The number of hydrogen-bond donors (Lipinski definition) is 0. The van der Waals surface area contributed by atoms with Gasteiger partial charge in [-0.15, -0.1) is 5.75 Å². The minimum atomic E-state index is -0.300. The van der Waals surface area contributed by atoms with Crippen molar-refractivity contribution < 1.29 is 44.3 Å². The van der Waals surface area contributed by atoms with Crippen molar-refractivity contribution in [2.75, 3.05) is 0 Å². The molecule has 0 radical (unpaired) electrons. The van der Waals surface area contributed by atoms with Gasteiger partial charge in [0.15, 0.2) is 11.6 Å². The van der Waals surface area contributed by atoms with Crippen LogP contribution in [-0.4, -0.2) is 11.6 Å². The van der Waals surface area contributed by atoms with Gasteiger partial charge in [0.1, 0.15) is 0 Å². The van der Waals surface area contributed by atoms with Crippen LogP contribution in [0.25, 0.3) is 0 Å². The number of hydrogen-bond acceptors (Lipinski definition) is 3. The van der Waals surface area contributed by atoms with Crippen molar-refractivity contribution in [3.8, 4) is 5.75 Å². The van der Waals surface area contributed by atoms with Crippen LogP contribution in [0.2, 0.25) is 0 Å². The van der Waals surface area contributed by atoms with Crippen molar-refractivity contribution in [1.29, 1.82) is 0 Å². The summed E-state index contributed by atoms with van der Waals surface area (Å²) in [5, 5.41) is 11.2. The Balaban J connectivity index is 0.00000196. The second-order valence-electron chi connectivity index (χ2n) is 3.26. The van der Waals surface area contributed by atoms with Crippen LogP contribution in [-0.2, 0) is 0 Å². The van der Waals surface area contributed by atoms with E-state index in [0.717, 1.165) is 0 Å². The van der Waals surface area contributed by atoms with Crippen LogP contribution >= 0.6 is 0 Å².